The van der Waals surface area contributed by atoms with Crippen molar-refractivity contribution in [2.75, 3.05) is 10.7 Å². The highest BCUT2D eigenvalue weighted by atomic mass is 16.1. The molecule has 0 radical (unpaired) electrons. The smallest absolute Gasteiger partial charge is 0.275 e. The maximum Gasteiger partial charge on any atom is 0.275 e. The van der Waals surface area contributed by atoms with Crippen LogP contribution in [0.15, 0.2) is 24.3 Å². The second-order valence-corrected chi connectivity index (χ2v) is 3.98. The predicted molar refractivity (Wildman–Crippen MR) is 71.5 cm³/mol. The van der Waals surface area contributed by atoms with Gasteiger partial charge in [0.05, 0.1) is 0 Å². The van der Waals surface area contributed by atoms with E-state index in [1.54, 1.807) is 19.1 Å². The van der Waals surface area contributed by atoms with Crippen molar-refractivity contribution in [3.05, 3.63) is 41.3 Å². The Labute approximate surface area is 110 Å². The number of aryl methyl sites for hydroxylation is 2. The average molecular weight is 258 g/mol. The molecule has 4 N–H and O–H groups in total. The molecule has 0 aromatic carbocycles. The third-order valence-corrected chi connectivity index (χ3v) is 2.35. The lowest BCUT2D eigenvalue weighted by molar-refractivity contribution is 0.102. The van der Waals surface area contributed by atoms with E-state index in [1.807, 2.05) is 19.1 Å². The van der Waals surface area contributed by atoms with Crippen LogP contribution in [0.5, 0.6) is 0 Å². The van der Waals surface area contributed by atoms with Gasteiger partial charge in [0.2, 0.25) is 5.95 Å². The summed E-state index contributed by atoms with van der Waals surface area (Å²) in [7, 11) is 0. The molecule has 0 bridgehead atoms. The fourth-order valence-electron chi connectivity index (χ4n) is 1.54. The number of anilines is 2. The lowest BCUT2D eigenvalue weighted by atomic mass is 10.3. The van der Waals surface area contributed by atoms with Crippen LogP contribution in [-0.4, -0.2) is 20.9 Å². The van der Waals surface area contributed by atoms with Crippen LogP contribution in [-0.2, 0) is 0 Å². The van der Waals surface area contributed by atoms with Crippen molar-refractivity contribution in [2.45, 2.75) is 13.8 Å². The molecule has 1 amide bonds. The van der Waals surface area contributed by atoms with Crippen LogP contribution in [0.2, 0.25) is 0 Å². The summed E-state index contributed by atoms with van der Waals surface area (Å²) in [5.41, 5.74) is 4.01. The molecule has 0 aliphatic rings. The minimum absolute atomic E-state index is 0.197. The fourth-order valence-corrected chi connectivity index (χ4v) is 1.54. The molecular formula is C12H14N6O. The molecule has 0 saturated heterocycles. The molecule has 0 unspecified atom stereocenters. The number of aromatic nitrogens is 3. The number of amides is 1. The molecule has 2 heterocycles. The molecule has 2 aromatic rings. The van der Waals surface area contributed by atoms with E-state index in [2.05, 4.69) is 25.7 Å². The molecule has 7 nitrogen and oxygen atoms in total. The lowest BCUT2D eigenvalue weighted by Crippen LogP contribution is -2.18. The van der Waals surface area contributed by atoms with Crippen molar-refractivity contribution >= 4 is 17.7 Å². The van der Waals surface area contributed by atoms with Gasteiger partial charge in [-0.15, -0.1) is 0 Å². The number of carbonyl (C=O) groups excluding carboxylic acids is 1. The van der Waals surface area contributed by atoms with Crippen LogP contribution in [0, 0.1) is 13.8 Å². The van der Waals surface area contributed by atoms with Gasteiger partial charge in [0, 0.05) is 11.4 Å². The molecule has 98 valence electrons. The summed E-state index contributed by atoms with van der Waals surface area (Å²) in [6.07, 6.45) is 0. The number of pyridine rings is 1. The Morgan fingerprint density at radius 1 is 1.16 bits per heavy atom. The number of nitrogen functional groups attached to an aromatic ring is 1. The molecule has 19 heavy (non-hydrogen) atoms. The highest BCUT2D eigenvalue weighted by Crippen LogP contribution is 2.08. The molecule has 7 heteroatoms. The van der Waals surface area contributed by atoms with Gasteiger partial charge in [0.1, 0.15) is 11.5 Å². The minimum atomic E-state index is -0.361. The highest BCUT2D eigenvalue weighted by molar-refractivity contribution is 6.02. The van der Waals surface area contributed by atoms with E-state index in [1.165, 1.54) is 0 Å². The summed E-state index contributed by atoms with van der Waals surface area (Å²) in [6.45, 7) is 3.60. The molecule has 2 aromatic heterocycles. The molecule has 2 rings (SSSR count). The van der Waals surface area contributed by atoms with E-state index in [0.717, 1.165) is 5.69 Å². The van der Waals surface area contributed by atoms with Gasteiger partial charge in [-0.3, -0.25) is 10.2 Å². The first-order valence-electron chi connectivity index (χ1n) is 5.66. The van der Waals surface area contributed by atoms with E-state index < -0.39 is 0 Å². The van der Waals surface area contributed by atoms with Gasteiger partial charge in [0.25, 0.3) is 5.91 Å². The Bertz CT molecular complexity index is 613. The van der Waals surface area contributed by atoms with Crippen LogP contribution in [0.3, 0.4) is 0 Å². The van der Waals surface area contributed by atoms with Crippen molar-refractivity contribution in [1.82, 2.24) is 15.0 Å². The molecule has 0 aliphatic heterocycles. The molecule has 0 saturated carbocycles. The van der Waals surface area contributed by atoms with E-state index >= 15 is 0 Å². The zero-order valence-electron chi connectivity index (χ0n) is 10.6. The number of hydrogen-bond donors (Lipinski definition) is 3. The summed E-state index contributed by atoms with van der Waals surface area (Å²) < 4.78 is 0. The Morgan fingerprint density at radius 2 is 1.95 bits per heavy atom. The van der Waals surface area contributed by atoms with Crippen LogP contribution in [0.25, 0.3) is 0 Å². The first-order valence-corrected chi connectivity index (χ1v) is 5.66. The standard InChI is InChI=1S/C12H14N6O/c1-7-4-3-5-10(14-7)17-11(19)9-6-8(2)15-12(16-9)18-13/h3-6H,13H2,1-2H3,(H,14,17,19)(H,15,16,18). The third-order valence-electron chi connectivity index (χ3n) is 2.35. The first kappa shape index (κ1) is 12.9. The summed E-state index contributed by atoms with van der Waals surface area (Å²) in [5.74, 6) is 5.55. The maximum atomic E-state index is 12.0. The number of hydrogen-bond acceptors (Lipinski definition) is 6. The van der Waals surface area contributed by atoms with Crippen molar-refractivity contribution in [1.29, 1.82) is 0 Å². The zero-order chi connectivity index (χ0) is 13.8. The topological polar surface area (TPSA) is 106 Å². The van der Waals surface area contributed by atoms with Crippen LogP contribution in [0.1, 0.15) is 21.9 Å². The van der Waals surface area contributed by atoms with Gasteiger partial charge < -0.3 is 5.32 Å². The van der Waals surface area contributed by atoms with Crippen molar-refractivity contribution in [3.63, 3.8) is 0 Å². The predicted octanol–water partition coefficient (Wildman–Crippen LogP) is 1.03. The molecular weight excluding hydrogens is 244 g/mol. The van der Waals surface area contributed by atoms with Gasteiger partial charge in [-0.1, -0.05) is 6.07 Å². The van der Waals surface area contributed by atoms with Crippen molar-refractivity contribution in [2.24, 2.45) is 5.84 Å². The van der Waals surface area contributed by atoms with E-state index in [-0.39, 0.29) is 17.5 Å². The highest BCUT2D eigenvalue weighted by Gasteiger charge is 2.11. The number of nitrogens with two attached hydrogens (primary N) is 1. The SMILES string of the molecule is Cc1cccc(NC(=O)c2cc(C)nc(NN)n2)n1. The van der Waals surface area contributed by atoms with Gasteiger partial charge in [-0.05, 0) is 32.0 Å². The number of rotatable bonds is 3. The summed E-state index contributed by atoms with van der Waals surface area (Å²) in [6, 6.07) is 6.95. The summed E-state index contributed by atoms with van der Waals surface area (Å²) in [4.78, 5) is 24.2. The Morgan fingerprint density at radius 3 is 2.63 bits per heavy atom. The number of carbonyl (C=O) groups is 1. The van der Waals surface area contributed by atoms with E-state index in [0.29, 0.717) is 11.5 Å². The zero-order valence-corrected chi connectivity index (χ0v) is 10.6. The summed E-state index contributed by atoms with van der Waals surface area (Å²) in [5, 5.41) is 2.67. The Balaban J connectivity index is 2.22. The average Bonchev–Trinajstić information content (AvgIpc) is 2.38. The van der Waals surface area contributed by atoms with Crippen LogP contribution >= 0.6 is 0 Å². The first-order chi connectivity index (χ1) is 9.08. The van der Waals surface area contributed by atoms with Gasteiger partial charge >= 0.3 is 0 Å². The number of nitrogens with one attached hydrogen (secondary N) is 2. The third kappa shape index (κ3) is 3.23. The normalized spacial score (nSPS) is 10.1. The van der Waals surface area contributed by atoms with Crippen LogP contribution in [0.4, 0.5) is 11.8 Å². The second kappa shape index (κ2) is 5.40. The monoisotopic (exact) mass is 258 g/mol. The largest absolute Gasteiger partial charge is 0.305 e. The molecule has 0 fully saturated rings. The minimum Gasteiger partial charge on any atom is -0.305 e. The molecule has 0 aliphatic carbocycles. The molecule has 0 atom stereocenters. The van der Waals surface area contributed by atoms with Crippen molar-refractivity contribution < 1.29 is 4.79 Å². The lowest BCUT2D eigenvalue weighted by Gasteiger charge is -2.06. The maximum absolute atomic E-state index is 12.0. The van der Waals surface area contributed by atoms with Gasteiger partial charge in [-0.2, -0.15) is 0 Å². The Hall–Kier alpha value is -2.54. The van der Waals surface area contributed by atoms with Gasteiger partial charge in [0.15, 0.2) is 0 Å². The number of nitrogens with zero attached hydrogens (tertiary/aromatic N) is 3. The fraction of sp³-hybridized carbons (Fsp3) is 0.167. The molecule has 0 spiro atoms. The van der Waals surface area contributed by atoms with Crippen LogP contribution < -0.4 is 16.6 Å². The Kier molecular flexibility index (Phi) is 3.67. The quantitative estimate of drug-likeness (QED) is 0.560. The van der Waals surface area contributed by atoms with E-state index in [4.69, 9.17) is 5.84 Å². The number of hydrazine groups is 1. The van der Waals surface area contributed by atoms with Crippen molar-refractivity contribution in [3.8, 4) is 0 Å². The summed E-state index contributed by atoms with van der Waals surface area (Å²) >= 11 is 0. The van der Waals surface area contributed by atoms with Gasteiger partial charge in [-0.25, -0.2) is 20.8 Å². The second-order valence-electron chi connectivity index (χ2n) is 3.98. The van der Waals surface area contributed by atoms with E-state index in [9.17, 15) is 4.79 Å².